The number of anilines is 3. The molecule has 1 aromatic heterocycles. The minimum atomic E-state index is -0.354. The van der Waals surface area contributed by atoms with Crippen molar-refractivity contribution in [3.63, 3.8) is 0 Å². The minimum Gasteiger partial charge on any atom is -0.398 e. The van der Waals surface area contributed by atoms with Gasteiger partial charge in [-0.05, 0) is 43.2 Å². The SMILES string of the molecule is CCc1cccc(Nc2cc(F)cc(N)c2C)n1. The van der Waals surface area contributed by atoms with Crippen molar-refractivity contribution in [3.8, 4) is 0 Å². The standard InChI is InChI=1S/C14H16FN3/c1-3-11-5-4-6-14(17-11)18-13-8-10(15)7-12(16)9(13)2/h4-8H,3,16H2,1-2H3,(H,17,18). The lowest BCUT2D eigenvalue weighted by atomic mass is 10.1. The number of nitrogens with zero attached hydrogens (tertiary/aromatic N) is 1. The number of nitrogens with one attached hydrogen (secondary N) is 1. The van der Waals surface area contributed by atoms with Crippen LogP contribution >= 0.6 is 0 Å². The maximum atomic E-state index is 13.3. The number of nitrogens with two attached hydrogens (primary N) is 1. The first kappa shape index (κ1) is 12.4. The Morgan fingerprint density at radius 2 is 2.11 bits per heavy atom. The number of pyridine rings is 1. The molecule has 0 saturated carbocycles. The van der Waals surface area contributed by atoms with E-state index in [0.717, 1.165) is 17.7 Å². The van der Waals surface area contributed by atoms with Gasteiger partial charge in [0.25, 0.3) is 0 Å². The van der Waals surface area contributed by atoms with E-state index in [1.807, 2.05) is 32.0 Å². The molecule has 3 nitrogen and oxygen atoms in total. The zero-order valence-electron chi connectivity index (χ0n) is 10.5. The van der Waals surface area contributed by atoms with Crippen LogP contribution in [-0.4, -0.2) is 4.98 Å². The van der Waals surface area contributed by atoms with Crippen molar-refractivity contribution in [1.29, 1.82) is 0 Å². The largest absolute Gasteiger partial charge is 0.398 e. The molecule has 0 amide bonds. The molecular weight excluding hydrogens is 229 g/mol. The van der Waals surface area contributed by atoms with Gasteiger partial charge in [0.15, 0.2) is 0 Å². The fourth-order valence-electron chi connectivity index (χ4n) is 1.71. The highest BCUT2D eigenvalue weighted by molar-refractivity contribution is 5.67. The van der Waals surface area contributed by atoms with Gasteiger partial charge in [0.1, 0.15) is 11.6 Å². The van der Waals surface area contributed by atoms with Crippen molar-refractivity contribution in [1.82, 2.24) is 4.98 Å². The molecule has 0 saturated heterocycles. The molecule has 4 heteroatoms. The molecule has 94 valence electrons. The van der Waals surface area contributed by atoms with Crippen LogP contribution in [0.4, 0.5) is 21.6 Å². The second kappa shape index (κ2) is 5.04. The van der Waals surface area contributed by atoms with Gasteiger partial charge in [0.05, 0.1) is 0 Å². The Balaban J connectivity index is 2.33. The first-order chi connectivity index (χ1) is 8.60. The predicted molar refractivity (Wildman–Crippen MR) is 72.4 cm³/mol. The summed E-state index contributed by atoms with van der Waals surface area (Å²) in [6.45, 7) is 3.89. The number of rotatable bonds is 3. The van der Waals surface area contributed by atoms with E-state index in [0.29, 0.717) is 17.2 Å². The van der Waals surface area contributed by atoms with Crippen molar-refractivity contribution >= 4 is 17.2 Å². The summed E-state index contributed by atoms with van der Waals surface area (Å²) in [4.78, 5) is 4.41. The summed E-state index contributed by atoms with van der Waals surface area (Å²) in [5.74, 6) is 0.342. The van der Waals surface area contributed by atoms with Crippen LogP contribution in [0.2, 0.25) is 0 Å². The third kappa shape index (κ3) is 2.59. The molecule has 0 spiro atoms. The van der Waals surface area contributed by atoms with E-state index in [1.165, 1.54) is 12.1 Å². The monoisotopic (exact) mass is 245 g/mol. The molecule has 2 aromatic rings. The first-order valence-electron chi connectivity index (χ1n) is 5.88. The van der Waals surface area contributed by atoms with Crippen LogP contribution in [-0.2, 0) is 6.42 Å². The molecule has 3 N–H and O–H groups in total. The van der Waals surface area contributed by atoms with E-state index >= 15 is 0 Å². The van der Waals surface area contributed by atoms with E-state index in [1.54, 1.807) is 0 Å². The molecule has 1 heterocycles. The van der Waals surface area contributed by atoms with Gasteiger partial charge in [-0.3, -0.25) is 0 Å². The summed E-state index contributed by atoms with van der Waals surface area (Å²) in [7, 11) is 0. The normalized spacial score (nSPS) is 10.4. The second-order valence-corrected chi connectivity index (χ2v) is 4.16. The summed E-state index contributed by atoms with van der Waals surface area (Å²) >= 11 is 0. The molecule has 18 heavy (non-hydrogen) atoms. The summed E-state index contributed by atoms with van der Waals surface area (Å²) in [6, 6.07) is 8.46. The van der Waals surface area contributed by atoms with Gasteiger partial charge >= 0.3 is 0 Å². The van der Waals surface area contributed by atoms with Crippen molar-refractivity contribution < 1.29 is 4.39 Å². The molecule has 1 aromatic carbocycles. The fourth-order valence-corrected chi connectivity index (χ4v) is 1.71. The Bertz CT molecular complexity index is 567. The second-order valence-electron chi connectivity index (χ2n) is 4.16. The van der Waals surface area contributed by atoms with Crippen LogP contribution in [0, 0.1) is 12.7 Å². The van der Waals surface area contributed by atoms with Crippen molar-refractivity contribution in [3.05, 3.63) is 47.4 Å². The van der Waals surface area contributed by atoms with E-state index in [4.69, 9.17) is 5.73 Å². The molecule has 0 aliphatic carbocycles. The average molecular weight is 245 g/mol. The lowest BCUT2D eigenvalue weighted by molar-refractivity contribution is 0.628. The van der Waals surface area contributed by atoms with E-state index in [-0.39, 0.29) is 5.82 Å². The third-order valence-electron chi connectivity index (χ3n) is 2.84. The summed E-state index contributed by atoms with van der Waals surface area (Å²) in [5, 5.41) is 3.10. The average Bonchev–Trinajstić information content (AvgIpc) is 2.35. The molecule has 0 radical (unpaired) electrons. The van der Waals surface area contributed by atoms with Gasteiger partial charge in [0, 0.05) is 17.1 Å². The van der Waals surface area contributed by atoms with Gasteiger partial charge in [-0.25, -0.2) is 9.37 Å². The molecule has 0 bridgehead atoms. The summed E-state index contributed by atoms with van der Waals surface area (Å²) < 4.78 is 13.3. The number of hydrogen-bond donors (Lipinski definition) is 2. The van der Waals surface area contributed by atoms with Crippen LogP contribution in [0.25, 0.3) is 0 Å². The maximum Gasteiger partial charge on any atom is 0.130 e. The van der Waals surface area contributed by atoms with Gasteiger partial charge < -0.3 is 11.1 Å². The zero-order valence-corrected chi connectivity index (χ0v) is 10.5. The number of nitrogen functional groups attached to an aromatic ring is 1. The van der Waals surface area contributed by atoms with Gasteiger partial charge in [-0.15, -0.1) is 0 Å². The maximum absolute atomic E-state index is 13.3. The smallest absolute Gasteiger partial charge is 0.130 e. The summed E-state index contributed by atoms with van der Waals surface area (Å²) in [5.41, 5.74) is 8.62. The minimum absolute atomic E-state index is 0.354. The van der Waals surface area contributed by atoms with E-state index in [9.17, 15) is 4.39 Å². The zero-order chi connectivity index (χ0) is 13.1. The topological polar surface area (TPSA) is 50.9 Å². The van der Waals surface area contributed by atoms with Crippen molar-refractivity contribution in [2.45, 2.75) is 20.3 Å². The molecule has 0 unspecified atom stereocenters. The fraction of sp³-hybridized carbons (Fsp3) is 0.214. The molecule has 0 fully saturated rings. The first-order valence-corrected chi connectivity index (χ1v) is 5.88. The third-order valence-corrected chi connectivity index (χ3v) is 2.84. The Hall–Kier alpha value is -2.10. The number of hydrogen-bond acceptors (Lipinski definition) is 3. The highest BCUT2D eigenvalue weighted by Crippen LogP contribution is 2.25. The van der Waals surface area contributed by atoms with Gasteiger partial charge in [-0.2, -0.15) is 0 Å². The van der Waals surface area contributed by atoms with E-state index in [2.05, 4.69) is 10.3 Å². The molecule has 0 aliphatic rings. The quantitative estimate of drug-likeness (QED) is 0.815. The Morgan fingerprint density at radius 3 is 2.83 bits per heavy atom. The van der Waals surface area contributed by atoms with Gasteiger partial charge in [0.2, 0.25) is 0 Å². The highest BCUT2D eigenvalue weighted by Gasteiger charge is 2.06. The molecule has 2 rings (SSSR count). The summed E-state index contributed by atoms with van der Waals surface area (Å²) in [6.07, 6.45) is 0.861. The predicted octanol–water partition coefficient (Wildman–Crippen LogP) is 3.42. The Labute approximate surface area is 106 Å². The molecule has 0 aliphatic heterocycles. The Morgan fingerprint density at radius 1 is 1.33 bits per heavy atom. The number of benzene rings is 1. The lowest BCUT2D eigenvalue weighted by Crippen LogP contribution is -2.01. The van der Waals surface area contributed by atoms with Crippen molar-refractivity contribution in [2.75, 3.05) is 11.1 Å². The number of halogens is 1. The van der Waals surface area contributed by atoms with Crippen molar-refractivity contribution in [2.24, 2.45) is 0 Å². The van der Waals surface area contributed by atoms with Crippen LogP contribution in [0.1, 0.15) is 18.2 Å². The van der Waals surface area contributed by atoms with E-state index < -0.39 is 0 Å². The van der Waals surface area contributed by atoms with Crippen LogP contribution in [0.5, 0.6) is 0 Å². The number of aryl methyl sites for hydroxylation is 1. The molecular formula is C14H16FN3. The van der Waals surface area contributed by atoms with Crippen LogP contribution < -0.4 is 11.1 Å². The van der Waals surface area contributed by atoms with Crippen LogP contribution in [0.15, 0.2) is 30.3 Å². The Kier molecular flexibility index (Phi) is 3.46. The van der Waals surface area contributed by atoms with Crippen LogP contribution in [0.3, 0.4) is 0 Å². The number of aromatic nitrogens is 1. The lowest BCUT2D eigenvalue weighted by Gasteiger charge is -2.11. The molecule has 0 atom stereocenters. The van der Waals surface area contributed by atoms with Gasteiger partial charge in [-0.1, -0.05) is 13.0 Å². The highest BCUT2D eigenvalue weighted by atomic mass is 19.1.